The Morgan fingerprint density at radius 1 is 0.814 bits per heavy atom. The fourth-order valence-corrected chi connectivity index (χ4v) is 7.17. The first kappa shape index (κ1) is 43.7. The van der Waals surface area contributed by atoms with Gasteiger partial charge in [0.2, 0.25) is 29.5 Å². The number of carboxylic acids is 1. The minimum atomic E-state index is -1.24. The molecule has 3 unspecified atom stereocenters. The molecular formula is C42H49ClN8O8. The first-order chi connectivity index (χ1) is 28.4. The van der Waals surface area contributed by atoms with E-state index in [9.17, 15) is 38.7 Å². The SMILES string of the molecule is NC(=O)NCCCC(NC(=O)C(Cc1c[nH]c2ccccc12)NC(=O)[C@@H]1CCCCN1C(=O)C(CCC(=O)O)NC(=O)CCl)C(=O)Nc1ccc(-c2ccccc2)cc1. The zero-order valence-corrected chi connectivity index (χ0v) is 33.1. The highest BCUT2D eigenvalue weighted by Gasteiger charge is 2.38. The summed E-state index contributed by atoms with van der Waals surface area (Å²) in [6.45, 7) is 0.297. The fourth-order valence-electron chi connectivity index (χ4n) is 7.09. The second-order valence-electron chi connectivity index (χ2n) is 14.3. The highest BCUT2D eigenvalue weighted by Crippen LogP contribution is 2.24. The van der Waals surface area contributed by atoms with Gasteiger partial charge in [-0.2, -0.15) is 0 Å². The molecule has 7 amide bonds. The fraction of sp³-hybridized carbons (Fsp3) is 0.357. The summed E-state index contributed by atoms with van der Waals surface area (Å²) >= 11 is 5.68. The van der Waals surface area contributed by atoms with Gasteiger partial charge in [0.15, 0.2) is 0 Å². The van der Waals surface area contributed by atoms with Crippen LogP contribution in [0, 0.1) is 0 Å². The van der Waals surface area contributed by atoms with Gasteiger partial charge >= 0.3 is 12.0 Å². The predicted molar refractivity (Wildman–Crippen MR) is 222 cm³/mol. The van der Waals surface area contributed by atoms with Crippen molar-refractivity contribution in [3.05, 3.63) is 90.6 Å². The maximum atomic E-state index is 14.4. The van der Waals surface area contributed by atoms with E-state index in [1.54, 1.807) is 18.3 Å². The van der Waals surface area contributed by atoms with Crippen molar-refractivity contribution < 1.29 is 38.7 Å². The third kappa shape index (κ3) is 12.5. The number of benzene rings is 3. The third-order valence-electron chi connectivity index (χ3n) is 10.1. The van der Waals surface area contributed by atoms with Crippen LogP contribution in [-0.2, 0) is 35.2 Å². The number of rotatable bonds is 19. The number of para-hydroxylation sites is 1. The molecule has 1 aliphatic heterocycles. The first-order valence-corrected chi connectivity index (χ1v) is 20.0. The average molecular weight is 829 g/mol. The van der Waals surface area contributed by atoms with Crippen molar-refractivity contribution in [2.24, 2.45) is 5.73 Å². The molecule has 4 aromatic rings. The molecule has 1 aliphatic rings. The van der Waals surface area contributed by atoms with E-state index in [-0.39, 0.29) is 45.2 Å². The predicted octanol–water partition coefficient (Wildman–Crippen LogP) is 3.40. The number of urea groups is 1. The molecule has 1 aromatic heterocycles. The van der Waals surface area contributed by atoms with E-state index < -0.39 is 78.0 Å². The topological polar surface area (TPSA) is 245 Å². The summed E-state index contributed by atoms with van der Waals surface area (Å²) in [7, 11) is 0. The van der Waals surface area contributed by atoms with Gasteiger partial charge in [0, 0.05) is 48.7 Å². The number of nitrogens with one attached hydrogen (secondary N) is 6. The average Bonchev–Trinajstić information content (AvgIpc) is 3.65. The molecule has 3 aromatic carbocycles. The monoisotopic (exact) mass is 828 g/mol. The Kier molecular flexibility index (Phi) is 15.8. The normalized spacial score (nSPS) is 15.3. The van der Waals surface area contributed by atoms with Crippen LogP contribution in [0.15, 0.2) is 85.1 Å². The molecule has 2 heterocycles. The molecule has 0 radical (unpaired) electrons. The number of likely N-dealkylation sites (tertiary alicyclic amines) is 1. The lowest BCUT2D eigenvalue weighted by atomic mass is 9.97. The maximum Gasteiger partial charge on any atom is 0.312 e. The molecule has 59 heavy (non-hydrogen) atoms. The number of aromatic nitrogens is 1. The van der Waals surface area contributed by atoms with E-state index in [2.05, 4.69) is 31.6 Å². The molecule has 16 nitrogen and oxygen atoms in total. The number of aliphatic carboxylic acids is 1. The quantitative estimate of drug-likeness (QED) is 0.0513. The number of primary amides is 1. The summed E-state index contributed by atoms with van der Waals surface area (Å²) in [4.78, 5) is 95.7. The van der Waals surface area contributed by atoms with Crippen LogP contribution in [0.25, 0.3) is 22.0 Å². The van der Waals surface area contributed by atoms with Crippen LogP contribution < -0.4 is 32.3 Å². The number of carboxylic acid groups (broad SMARTS) is 1. The Morgan fingerprint density at radius 2 is 1.53 bits per heavy atom. The van der Waals surface area contributed by atoms with Gasteiger partial charge in [-0.1, -0.05) is 60.7 Å². The molecule has 0 spiro atoms. The van der Waals surface area contributed by atoms with Crippen LogP contribution in [0.1, 0.15) is 50.5 Å². The summed E-state index contributed by atoms with van der Waals surface area (Å²) in [6, 6.07) is 19.0. The van der Waals surface area contributed by atoms with Gasteiger partial charge < -0.3 is 47.3 Å². The molecular weight excluding hydrogens is 780 g/mol. The van der Waals surface area contributed by atoms with E-state index in [1.165, 1.54) is 4.90 Å². The summed E-state index contributed by atoms with van der Waals surface area (Å²) < 4.78 is 0. The van der Waals surface area contributed by atoms with Crippen LogP contribution in [0.4, 0.5) is 10.5 Å². The van der Waals surface area contributed by atoms with Crippen LogP contribution in [0.3, 0.4) is 0 Å². The maximum absolute atomic E-state index is 14.4. The summed E-state index contributed by atoms with van der Waals surface area (Å²) in [5.41, 5.74) is 9.18. The second-order valence-corrected chi connectivity index (χ2v) is 14.5. The summed E-state index contributed by atoms with van der Waals surface area (Å²) in [6.07, 6.45) is 2.87. The van der Waals surface area contributed by atoms with Gasteiger partial charge in [-0.3, -0.25) is 28.8 Å². The lowest BCUT2D eigenvalue weighted by molar-refractivity contribution is -0.146. The lowest BCUT2D eigenvalue weighted by Gasteiger charge is -2.37. The van der Waals surface area contributed by atoms with E-state index in [4.69, 9.17) is 17.3 Å². The van der Waals surface area contributed by atoms with E-state index in [1.807, 2.05) is 66.7 Å². The zero-order valence-electron chi connectivity index (χ0n) is 32.4. The van der Waals surface area contributed by atoms with Gasteiger partial charge in [0.25, 0.3) is 0 Å². The van der Waals surface area contributed by atoms with E-state index in [0.717, 1.165) is 22.0 Å². The number of H-pyrrole nitrogens is 1. The second kappa shape index (κ2) is 21.4. The Morgan fingerprint density at radius 3 is 2.24 bits per heavy atom. The number of fused-ring (bicyclic) bond motifs is 1. The number of amides is 7. The third-order valence-corrected chi connectivity index (χ3v) is 10.3. The standard InChI is InChI=1S/C42H49ClN8O8/c43-24-36(52)48-33(19-20-37(53)54)41(58)51-22-7-6-14-35(51)40(57)50-34(23-28-25-46-31-12-5-4-11-30(28)31)39(56)49-32(13-8-21-45-42(44)59)38(55)47-29-17-15-27(16-18-29)26-9-2-1-3-10-26/h1-5,9-12,15-18,25,32-35,46H,6-8,13-14,19-24H2,(H,47,55)(H,48,52)(H,49,56)(H,50,57)(H,53,54)(H3,44,45,59)/t32?,33?,34?,35-/m0/s1. The molecule has 0 bridgehead atoms. The van der Waals surface area contributed by atoms with Gasteiger partial charge in [-0.15, -0.1) is 11.6 Å². The largest absolute Gasteiger partial charge is 0.481 e. The Balaban J connectivity index is 1.38. The molecule has 312 valence electrons. The highest BCUT2D eigenvalue weighted by atomic mass is 35.5. The molecule has 0 saturated carbocycles. The number of carbonyl (C=O) groups excluding carboxylic acids is 6. The van der Waals surface area contributed by atoms with Crippen molar-refractivity contribution in [1.29, 1.82) is 0 Å². The number of nitrogens with zero attached hydrogens (tertiary/aromatic N) is 1. The van der Waals surface area contributed by atoms with Crippen molar-refractivity contribution >= 4 is 69.7 Å². The number of anilines is 1. The van der Waals surface area contributed by atoms with E-state index >= 15 is 0 Å². The number of aromatic amines is 1. The molecule has 0 aliphatic carbocycles. The van der Waals surface area contributed by atoms with E-state index in [0.29, 0.717) is 24.1 Å². The Hall–Kier alpha value is -6.42. The minimum absolute atomic E-state index is 0.00773. The van der Waals surface area contributed by atoms with Crippen molar-refractivity contribution in [3.8, 4) is 11.1 Å². The number of carbonyl (C=O) groups is 7. The zero-order chi connectivity index (χ0) is 42.3. The van der Waals surface area contributed by atoms with Crippen molar-refractivity contribution in [2.45, 2.75) is 75.5 Å². The van der Waals surface area contributed by atoms with Crippen molar-refractivity contribution in [1.82, 2.24) is 31.2 Å². The smallest absolute Gasteiger partial charge is 0.312 e. The summed E-state index contributed by atoms with van der Waals surface area (Å²) in [5.74, 6) is -4.77. The van der Waals surface area contributed by atoms with Gasteiger partial charge in [0.1, 0.15) is 30.0 Å². The summed E-state index contributed by atoms with van der Waals surface area (Å²) in [5, 5.41) is 23.6. The lowest BCUT2D eigenvalue weighted by Crippen LogP contribution is -2.60. The van der Waals surface area contributed by atoms with Gasteiger partial charge in [0.05, 0.1) is 0 Å². The molecule has 17 heteroatoms. The molecule has 4 atom stereocenters. The number of hydrogen-bond acceptors (Lipinski definition) is 7. The van der Waals surface area contributed by atoms with Crippen molar-refractivity contribution in [3.63, 3.8) is 0 Å². The number of alkyl halides is 1. The highest BCUT2D eigenvalue weighted by molar-refractivity contribution is 6.27. The van der Waals surface area contributed by atoms with Gasteiger partial charge in [-0.25, -0.2) is 4.79 Å². The number of halogens is 1. The van der Waals surface area contributed by atoms with Gasteiger partial charge in [-0.05, 0) is 73.4 Å². The molecule has 1 saturated heterocycles. The first-order valence-electron chi connectivity index (χ1n) is 19.5. The van der Waals surface area contributed by atoms with Crippen LogP contribution in [0.5, 0.6) is 0 Å². The van der Waals surface area contributed by atoms with Crippen LogP contribution in [0.2, 0.25) is 0 Å². The number of piperidine rings is 1. The minimum Gasteiger partial charge on any atom is -0.481 e. The number of nitrogens with two attached hydrogens (primary N) is 1. The molecule has 5 rings (SSSR count). The number of hydrogen-bond donors (Lipinski definition) is 8. The molecule has 9 N–H and O–H groups in total. The molecule has 1 fully saturated rings. The Bertz CT molecular complexity index is 2110. The van der Waals surface area contributed by atoms with Crippen LogP contribution >= 0.6 is 11.6 Å². The van der Waals surface area contributed by atoms with Crippen molar-refractivity contribution in [2.75, 3.05) is 24.3 Å². The van der Waals surface area contributed by atoms with Crippen LogP contribution in [-0.4, -0.2) is 99.7 Å². The Labute approximate surface area is 346 Å².